The average Bonchev–Trinajstić information content (AvgIpc) is 2.83. The van der Waals surface area contributed by atoms with Crippen LogP contribution in [0.25, 0.3) is 0 Å². The summed E-state index contributed by atoms with van der Waals surface area (Å²) in [5.41, 5.74) is 0.998. The fourth-order valence-corrected chi connectivity index (χ4v) is 5.30. The van der Waals surface area contributed by atoms with Gasteiger partial charge in [-0.2, -0.15) is 0 Å². The van der Waals surface area contributed by atoms with Gasteiger partial charge in [-0.15, -0.1) is 0 Å². The second-order valence-corrected chi connectivity index (χ2v) is 11.6. The molecule has 37 heavy (non-hydrogen) atoms. The highest BCUT2D eigenvalue weighted by Gasteiger charge is 2.27. The van der Waals surface area contributed by atoms with Crippen LogP contribution in [-0.2, 0) is 26.2 Å². The third-order valence-corrected chi connectivity index (χ3v) is 7.72. The monoisotopic (exact) mass is 591 g/mol. The van der Waals surface area contributed by atoms with Crippen LogP contribution in [0.4, 0.5) is 5.69 Å². The van der Waals surface area contributed by atoms with Crippen molar-refractivity contribution in [2.24, 2.45) is 0 Å². The normalized spacial score (nSPS) is 12.1. The summed E-state index contributed by atoms with van der Waals surface area (Å²) in [6.45, 7) is 4.21. The average molecular weight is 593 g/mol. The third kappa shape index (κ3) is 8.95. The maximum atomic E-state index is 13.3. The van der Waals surface area contributed by atoms with Crippen LogP contribution in [0.5, 0.6) is 5.75 Å². The number of amides is 2. The van der Waals surface area contributed by atoms with Gasteiger partial charge in [-0.05, 0) is 55.7 Å². The van der Waals surface area contributed by atoms with Crippen molar-refractivity contribution in [1.29, 1.82) is 0 Å². The molecule has 0 saturated heterocycles. The second kappa shape index (κ2) is 14.1. The number of anilines is 1. The Bertz CT molecular complexity index is 1210. The summed E-state index contributed by atoms with van der Waals surface area (Å²) < 4.78 is 31.3. The van der Waals surface area contributed by atoms with Gasteiger partial charge in [-0.1, -0.05) is 47.8 Å². The number of benzene rings is 2. The first-order chi connectivity index (χ1) is 17.4. The Labute approximate surface area is 233 Å². The molecule has 0 aliphatic heterocycles. The Morgan fingerprint density at radius 1 is 1.08 bits per heavy atom. The second-order valence-electron chi connectivity index (χ2n) is 8.48. The number of nitrogens with zero attached hydrogens (tertiary/aromatic N) is 2. The molecular formula is C25H32Cl3N3O5S. The van der Waals surface area contributed by atoms with E-state index in [-0.39, 0.29) is 42.8 Å². The fourth-order valence-electron chi connectivity index (χ4n) is 3.63. The number of carbonyl (C=O) groups is 2. The molecule has 0 aromatic heterocycles. The number of sulfonamides is 1. The van der Waals surface area contributed by atoms with E-state index >= 15 is 0 Å². The summed E-state index contributed by atoms with van der Waals surface area (Å²) in [5, 5.41) is 3.92. The molecule has 1 atom stereocenters. The number of nitrogens with one attached hydrogen (secondary N) is 1. The molecule has 2 rings (SSSR count). The molecule has 204 valence electrons. The van der Waals surface area contributed by atoms with Gasteiger partial charge in [0.05, 0.1) is 24.1 Å². The smallest absolute Gasteiger partial charge is 0.242 e. The molecule has 0 heterocycles. The predicted molar refractivity (Wildman–Crippen MR) is 149 cm³/mol. The molecule has 0 unspecified atom stereocenters. The van der Waals surface area contributed by atoms with E-state index in [1.807, 2.05) is 6.92 Å². The van der Waals surface area contributed by atoms with Crippen LogP contribution in [0.3, 0.4) is 0 Å². The van der Waals surface area contributed by atoms with Gasteiger partial charge in [0, 0.05) is 36.1 Å². The molecule has 0 bridgehead atoms. The third-order valence-electron chi connectivity index (χ3n) is 5.65. The van der Waals surface area contributed by atoms with Crippen molar-refractivity contribution in [2.45, 2.75) is 45.7 Å². The molecule has 0 aliphatic rings. The number of rotatable bonds is 13. The maximum absolute atomic E-state index is 13.3. The Hall–Kier alpha value is -2.20. The summed E-state index contributed by atoms with van der Waals surface area (Å²) in [4.78, 5) is 27.5. The van der Waals surface area contributed by atoms with Gasteiger partial charge in [0.15, 0.2) is 0 Å². The zero-order valence-electron chi connectivity index (χ0n) is 21.3. The Kier molecular flexibility index (Phi) is 11.8. The standard InChI is InChI=1S/C25H32Cl3N3O5S/c1-5-12-29-25(33)17(2)30(16-18-8-9-19(26)14-21(18)27)24(32)7-6-13-31(37(4,34)35)20-10-11-23(36-3)22(28)15-20/h8-11,14-15,17H,5-7,12-13,16H2,1-4H3,(H,29,33)/t17-/m0/s1. The first kappa shape index (κ1) is 31.0. The quantitative estimate of drug-likeness (QED) is 0.347. The fraction of sp³-hybridized carbons (Fsp3) is 0.440. The van der Waals surface area contributed by atoms with E-state index in [0.29, 0.717) is 33.6 Å². The lowest BCUT2D eigenvalue weighted by molar-refractivity contribution is -0.140. The van der Waals surface area contributed by atoms with Gasteiger partial charge in [-0.25, -0.2) is 8.42 Å². The number of carbonyl (C=O) groups excluding carboxylic acids is 2. The molecule has 0 aliphatic carbocycles. The molecule has 0 saturated carbocycles. The van der Waals surface area contributed by atoms with Crippen molar-refractivity contribution in [1.82, 2.24) is 10.2 Å². The Morgan fingerprint density at radius 2 is 1.78 bits per heavy atom. The van der Waals surface area contributed by atoms with Gasteiger partial charge >= 0.3 is 0 Å². The lowest BCUT2D eigenvalue weighted by Gasteiger charge is -2.30. The Balaban J connectivity index is 2.21. The van der Waals surface area contributed by atoms with E-state index < -0.39 is 16.1 Å². The molecule has 2 aromatic rings. The first-order valence-corrected chi connectivity index (χ1v) is 14.7. The highest BCUT2D eigenvalue weighted by Crippen LogP contribution is 2.30. The molecule has 2 amide bonds. The van der Waals surface area contributed by atoms with Gasteiger partial charge in [-0.3, -0.25) is 13.9 Å². The minimum Gasteiger partial charge on any atom is -0.495 e. The topological polar surface area (TPSA) is 96.0 Å². The molecule has 0 spiro atoms. The highest BCUT2D eigenvalue weighted by atomic mass is 35.5. The highest BCUT2D eigenvalue weighted by molar-refractivity contribution is 7.92. The summed E-state index contributed by atoms with van der Waals surface area (Å²) in [6.07, 6.45) is 2.06. The summed E-state index contributed by atoms with van der Waals surface area (Å²) in [5.74, 6) is -0.182. The lowest BCUT2D eigenvalue weighted by Crippen LogP contribution is -2.48. The molecule has 8 nitrogen and oxygen atoms in total. The summed E-state index contributed by atoms with van der Waals surface area (Å²) >= 11 is 18.5. The van der Waals surface area contributed by atoms with Crippen molar-refractivity contribution in [3.8, 4) is 5.75 Å². The van der Waals surface area contributed by atoms with Crippen LogP contribution < -0.4 is 14.4 Å². The lowest BCUT2D eigenvalue weighted by atomic mass is 10.1. The SMILES string of the molecule is CCCNC(=O)[C@H](C)N(Cc1ccc(Cl)cc1Cl)C(=O)CCCN(c1ccc(OC)c(Cl)c1)S(C)(=O)=O. The van der Waals surface area contributed by atoms with E-state index in [0.717, 1.165) is 12.7 Å². The minimum absolute atomic E-state index is 0.00646. The van der Waals surface area contributed by atoms with Crippen LogP contribution >= 0.6 is 34.8 Å². The van der Waals surface area contributed by atoms with Gasteiger partial charge in [0.1, 0.15) is 11.8 Å². The number of halogens is 3. The van der Waals surface area contributed by atoms with Crippen molar-refractivity contribution in [3.05, 3.63) is 57.0 Å². The zero-order valence-corrected chi connectivity index (χ0v) is 24.3. The summed E-state index contributed by atoms with van der Waals surface area (Å²) in [7, 11) is -2.19. The van der Waals surface area contributed by atoms with Gasteiger partial charge < -0.3 is 15.0 Å². The number of hydrogen-bond acceptors (Lipinski definition) is 5. The van der Waals surface area contributed by atoms with Crippen LogP contribution in [0.15, 0.2) is 36.4 Å². The molecule has 2 aromatic carbocycles. The van der Waals surface area contributed by atoms with E-state index in [9.17, 15) is 18.0 Å². The largest absolute Gasteiger partial charge is 0.495 e. The molecule has 0 fully saturated rings. The van der Waals surface area contributed by atoms with Crippen molar-refractivity contribution < 1.29 is 22.7 Å². The van der Waals surface area contributed by atoms with Gasteiger partial charge in [0.2, 0.25) is 21.8 Å². The van der Waals surface area contributed by atoms with Crippen LogP contribution in [0.1, 0.15) is 38.7 Å². The molecule has 0 radical (unpaired) electrons. The van der Waals surface area contributed by atoms with E-state index in [2.05, 4.69) is 5.32 Å². The number of methoxy groups -OCH3 is 1. The predicted octanol–water partition coefficient (Wildman–Crippen LogP) is 5.15. The maximum Gasteiger partial charge on any atom is 0.242 e. The van der Waals surface area contributed by atoms with Crippen LogP contribution in [0, 0.1) is 0 Å². The Morgan fingerprint density at radius 3 is 2.35 bits per heavy atom. The van der Waals surface area contributed by atoms with E-state index in [1.54, 1.807) is 37.3 Å². The minimum atomic E-state index is -3.66. The van der Waals surface area contributed by atoms with Crippen LogP contribution in [0.2, 0.25) is 15.1 Å². The number of ether oxygens (including phenoxy) is 1. The molecule has 12 heteroatoms. The first-order valence-electron chi connectivity index (χ1n) is 11.7. The van der Waals surface area contributed by atoms with E-state index in [4.69, 9.17) is 39.5 Å². The zero-order chi connectivity index (χ0) is 27.8. The number of hydrogen-bond donors (Lipinski definition) is 1. The summed E-state index contributed by atoms with van der Waals surface area (Å²) in [6, 6.07) is 8.85. The van der Waals surface area contributed by atoms with E-state index in [1.165, 1.54) is 22.4 Å². The van der Waals surface area contributed by atoms with Gasteiger partial charge in [0.25, 0.3) is 0 Å². The van der Waals surface area contributed by atoms with Crippen LogP contribution in [-0.4, -0.2) is 57.6 Å². The molecular weight excluding hydrogens is 561 g/mol. The van der Waals surface area contributed by atoms with Crippen molar-refractivity contribution >= 4 is 62.3 Å². The molecule has 1 N–H and O–H groups in total. The van der Waals surface area contributed by atoms with Crippen molar-refractivity contribution in [2.75, 3.05) is 30.8 Å². The van der Waals surface area contributed by atoms with Crippen molar-refractivity contribution in [3.63, 3.8) is 0 Å².